The Morgan fingerprint density at radius 1 is 1.47 bits per heavy atom. The number of hydrogen-bond acceptors (Lipinski definition) is 3. The van der Waals surface area contributed by atoms with Crippen LogP contribution in [0.1, 0.15) is 45.4 Å². The van der Waals surface area contributed by atoms with Crippen LogP contribution in [0, 0.1) is 5.41 Å². The Kier molecular flexibility index (Phi) is 4.21. The molecule has 2 heterocycles. The summed E-state index contributed by atoms with van der Waals surface area (Å²) in [6.45, 7) is 4.88. The first-order valence-electron chi connectivity index (χ1n) is 6.85. The summed E-state index contributed by atoms with van der Waals surface area (Å²) in [5.41, 5.74) is 0.818. The van der Waals surface area contributed by atoms with Crippen molar-refractivity contribution in [3.63, 3.8) is 0 Å². The Morgan fingerprint density at radius 2 is 2.24 bits per heavy atom. The molecule has 0 radical (unpaired) electrons. The van der Waals surface area contributed by atoms with Gasteiger partial charge in [0.05, 0.1) is 12.9 Å². The fourth-order valence-corrected chi connectivity index (χ4v) is 3.05. The number of carbonyl (C=O) groups excluding carboxylic acids is 1. The highest BCUT2D eigenvalue weighted by atomic mass is 16.5. The molecular weight excluding hydrogens is 214 g/mol. The third-order valence-corrected chi connectivity index (χ3v) is 4.00. The molecule has 0 atom stereocenters. The molecule has 0 bridgehead atoms. The maximum absolute atomic E-state index is 12.7. The van der Waals surface area contributed by atoms with Gasteiger partial charge >= 0.3 is 0 Å². The van der Waals surface area contributed by atoms with Crippen LogP contribution in [0.25, 0.3) is 0 Å². The lowest BCUT2D eigenvalue weighted by atomic mass is 9.69. The van der Waals surface area contributed by atoms with Crippen molar-refractivity contribution in [2.45, 2.75) is 45.4 Å². The Balaban J connectivity index is 2.14. The van der Waals surface area contributed by atoms with E-state index in [2.05, 4.69) is 12.2 Å². The third-order valence-electron chi connectivity index (χ3n) is 4.00. The number of Topliss-reactive ketones (excluding diaryl/α,β-unsaturated/α-hetero) is 1. The summed E-state index contributed by atoms with van der Waals surface area (Å²) < 4.78 is 5.32. The summed E-state index contributed by atoms with van der Waals surface area (Å²) in [6.07, 6.45) is 7.67. The molecule has 2 aliphatic rings. The number of allylic oxidation sites excluding steroid dienone is 1. The summed E-state index contributed by atoms with van der Waals surface area (Å²) in [7, 11) is 0. The Morgan fingerprint density at radius 3 is 2.82 bits per heavy atom. The molecule has 17 heavy (non-hydrogen) atoms. The minimum absolute atomic E-state index is 0.105. The van der Waals surface area contributed by atoms with E-state index in [1.165, 1.54) is 0 Å². The van der Waals surface area contributed by atoms with E-state index in [1.54, 1.807) is 6.26 Å². The smallest absolute Gasteiger partial charge is 0.168 e. The zero-order chi connectivity index (χ0) is 12.1. The van der Waals surface area contributed by atoms with Crippen LogP contribution in [0.5, 0.6) is 0 Å². The zero-order valence-electron chi connectivity index (χ0n) is 10.8. The summed E-state index contributed by atoms with van der Waals surface area (Å²) in [5, 5.41) is 3.35. The molecule has 1 saturated heterocycles. The van der Waals surface area contributed by atoms with Gasteiger partial charge in [-0.15, -0.1) is 0 Å². The Labute approximate surface area is 104 Å². The van der Waals surface area contributed by atoms with Gasteiger partial charge in [-0.1, -0.05) is 13.3 Å². The molecule has 0 saturated carbocycles. The van der Waals surface area contributed by atoms with E-state index in [4.69, 9.17) is 4.74 Å². The fourth-order valence-electron chi connectivity index (χ4n) is 3.05. The Hall–Kier alpha value is -0.830. The van der Waals surface area contributed by atoms with Crippen LogP contribution in [0.15, 0.2) is 11.8 Å². The average molecular weight is 237 g/mol. The highest BCUT2D eigenvalue weighted by Crippen LogP contribution is 2.38. The quantitative estimate of drug-likeness (QED) is 0.816. The van der Waals surface area contributed by atoms with E-state index in [0.29, 0.717) is 5.78 Å². The van der Waals surface area contributed by atoms with Crippen LogP contribution in [-0.4, -0.2) is 25.5 Å². The molecule has 3 heteroatoms. The van der Waals surface area contributed by atoms with Gasteiger partial charge in [0.2, 0.25) is 0 Å². The summed E-state index contributed by atoms with van der Waals surface area (Å²) in [4.78, 5) is 12.7. The fraction of sp³-hybridized carbons (Fsp3) is 0.786. The average Bonchev–Trinajstić information content (AvgIpc) is 2.40. The number of carbonyl (C=O) groups is 1. The Bertz CT molecular complexity index is 298. The van der Waals surface area contributed by atoms with E-state index in [1.807, 2.05) is 0 Å². The number of hydrogen-bond donors (Lipinski definition) is 1. The molecule has 0 aromatic heterocycles. The van der Waals surface area contributed by atoms with Crippen molar-refractivity contribution in [2.24, 2.45) is 5.41 Å². The maximum atomic E-state index is 12.7. The summed E-state index contributed by atoms with van der Waals surface area (Å²) in [5.74, 6) is 0.362. The molecule has 96 valence electrons. The first kappa shape index (κ1) is 12.6. The van der Waals surface area contributed by atoms with E-state index in [0.717, 1.165) is 63.8 Å². The SMILES string of the molecule is CCCC1(C(=O)C2=COCCC2)CCNCC1. The minimum Gasteiger partial charge on any atom is -0.501 e. The standard InChI is InChI=1S/C14H23NO2/c1-2-5-14(6-8-15-9-7-14)13(16)12-4-3-10-17-11-12/h11,15H,2-10H2,1H3. The lowest BCUT2D eigenvalue weighted by Crippen LogP contribution is -2.43. The van der Waals surface area contributed by atoms with Crippen molar-refractivity contribution in [3.8, 4) is 0 Å². The van der Waals surface area contributed by atoms with Crippen LogP contribution in [0.4, 0.5) is 0 Å². The van der Waals surface area contributed by atoms with Crippen LogP contribution < -0.4 is 5.32 Å². The first-order valence-corrected chi connectivity index (χ1v) is 6.85. The van der Waals surface area contributed by atoms with Crippen LogP contribution >= 0.6 is 0 Å². The molecule has 0 aliphatic carbocycles. The molecule has 1 fully saturated rings. The predicted molar refractivity (Wildman–Crippen MR) is 67.7 cm³/mol. The summed E-state index contributed by atoms with van der Waals surface area (Å²) >= 11 is 0. The van der Waals surface area contributed by atoms with Crippen LogP contribution in [-0.2, 0) is 9.53 Å². The third kappa shape index (κ3) is 2.71. The number of ether oxygens (including phenoxy) is 1. The second-order valence-corrected chi connectivity index (χ2v) is 5.23. The van der Waals surface area contributed by atoms with Crippen molar-refractivity contribution in [2.75, 3.05) is 19.7 Å². The van der Waals surface area contributed by atoms with Gasteiger partial charge in [-0.3, -0.25) is 4.79 Å². The topological polar surface area (TPSA) is 38.3 Å². The lowest BCUT2D eigenvalue weighted by molar-refractivity contribution is -0.127. The highest BCUT2D eigenvalue weighted by molar-refractivity contribution is 5.99. The molecule has 2 rings (SSSR count). The molecule has 0 spiro atoms. The molecule has 0 amide bonds. The maximum Gasteiger partial charge on any atom is 0.168 e. The second kappa shape index (κ2) is 5.67. The van der Waals surface area contributed by atoms with E-state index >= 15 is 0 Å². The van der Waals surface area contributed by atoms with E-state index in [9.17, 15) is 4.79 Å². The monoisotopic (exact) mass is 237 g/mol. The number of piperidine rings is 1. The van der Waals surface area contributed by atoms with Gasteiger partial charge in [-0.25, -0.2) is 0 Å². The van der Waals surface area contributed by atoms with Crippen molar-refractivity contribution >= 4 is 5.78 Å². The van der Waals surface area contributed by atoms with Gasteiger partial charge in [0.1, 0.15) is 0 Å². The molecule has 3 nitrogen and oxygen atoms in total. The molecule has 2 aliphatic heterocycles. The molecular formula is C14H23NO2. The molecule has 0 aromatic carbocycles. The van der Waals surface area contributed by atoms with Gasteiger partial charge < -0.3 is 10.1 Å². The zero-order valence-corrected chi connectivity index (χ0v) is 10.8. The first-order chi connectivity index (χ1) is 8.28. The van der Waals surface area contributed by atoms with Gasteiger partial charge in [-0.05, 0) is 45.2 Å². The van der Waals surface area contributed by atoms with Crippen molar-refractivity contribution in [3.05, 3.63) is 11.8 Å². The van der Waals surface area contributed by atoms with Crippen molar-refractivity contribution < 1.29 is 9.53 Å². The van der Waals surface area contributed by atoms with Gasteiger partial charge in [0.25, 0.3) is 0 Å². The lowest BCUT2D eigenvalue weighted by Gasteiger charge is -2.37. The largest absolute Gasteiger partial charge is 0.501 e. The summed E-state index contributed by atoms with van der Waals surface area (Å²) in [6, 6.07) is 0. The van der Waals surface area contributed by atoms with Crippen molar-refractivity contribution in [1.82, 2.24) is 5.32 Å². The van der Waals surface area contributed by atoms with Gasteiger partial charge in [0.15, 0.2) is 5.78 Å². The van der Waals surface area contributed by atoms with Gasteiger partial charge in [0, 0.05) is 11.0 Å². The minimum atomic E-state index is -0.105. The molecule has 0 unspecified atom stereocenters. The highest BCUT2D eigenvalue weighted by Gasteiger charge is 2.40. The number of rotatable bonds is 4. The van der Waals surface area contributed by atoms with Crippen LogP contribution in [0.2, 0.25) is 0 Å². The van der Waals surface area contributed by atoms with Gasteiger partial charge in [-0.2, -0.15) is 0 Å². The second-order valence-electron chi connectivity index (χ2n) is 5.23. The normalized spacial score (nSPS) is 23.7. The molecule has 1 N–H and O–H groups in total. The number of ketones is 1. The van der Waals surface area contributed by atoms with Crippen molar-refractivity contribution in [1.29, 1.82) is 0 Å². The van der Waals surface area contributed by atoms with Crippen LogP contribution in [0.3, 0.4) is 0 Å². The van der Waals surface area contributed by atoms with E-state index < -0.39 is 0 Å². The predicted octanol–water partition coefficient (Wildman–Crippen LogP) is 2.42. The molecule has 0 aromatic rings. The number of nitrogens with one attached hydrogen (secondary N) is 1. The van der Waals surface area contributed by atoms with E-state index in [-0.39, 0.29) is 5.41 Å².